The number of benzene rings is 1. The molecule has 4 rings (SSSR count). The van der Waals surface area contributed by atoms with E-state index in [9.17, 15) is 13.2 Å². The van der Waals surface area contributed by atoms with Crippen LogP contribution < -0.4 is 10.2 Å². The number of aromatic nitrogens is 3. The zero-order chi connectivity index (χ0) is 21.8. The molecule has 170 valence electrons. The number of carbonyl (C=O) groups excluding carboxylic acids is 1. The number of carbonyl (C=O) groups is 1. The largest absolute Gasteiger partial charge is 0.385 e. The molecule has 1 atom stereocenters. The van der Waals surface area contributed by atoms with Crippen molar-refractivity contribution in [1.29, 1.82) is 0 Å². The van der Waals surface area contributed by atoms with E-state index in [1.165, 1.54) is 23.2 Å². The Kier molecular flexibility index (Phi) is 6.76. The maximum Gasteiger partial charge on any atom is 0.260 e. The van der Waals surface area contributed by atoms with Crippen LogP contribution in [-0.2, 0) is 14.8 Å². The summed E-state index contributed by atoms with van der Waals surface area (Å²) in [5.74, 6) is 0.136. The number of amides is 1. The van der Waals surface area contributed by atoms with Crippen LogP contribution in [0.2, 0.25) is 0 Å². The molecule has 31 heavy (non-hydrogen) atoms. The fourth-order valence-corrected chi connectivity index (χ4v) is 6.08. The first-order chi connectivity index (χ1) is 14.9. The smallest absolute Gasteiger partial charge is 0.260 e. The Labute approximate surface area is 183 Å². The second-order valence-electron chi connectivity index (χ2n) is 8.75. The predicted octanol–water partition coefficient (Wildman–Crippen LogP) is 2.12. The second kappa shape index (κ2) is 9.52. The Morgan fingerprint density at radius 2 is 1.94 bits per heavy atom. The van der Waals surface area contributed by atoms with Gasteiger partial charge in [0.25, 0.3) is 5.91 Å². The Bertz CT molecular complexity index is 1010. The molecule has 1 N–H and O–H groups in total. The quantitative estimate of drug-likeness (QED) is 0.677. The van der Waals surface area contributed by atoms with Gasteiger partial charge in [-0.05, 0) is 55.0 Å². The molecule has 2 aromatic rings. The van der Waals surface area contributed by atoms with Crippen LogP contribution in [0.1, 0.15) is 58.3 Å². The van der Waals surface area contributed by atoms with Crippen molar-refractivity contribution in [3.05, 3.63) is 18.2 Å². The SMILES string of the molecule is C[C@@H]1CCCN(S(=O)(=O)c2ccc3nnn(OCC(=O)NC4CCCCCC4)c3c2)C1. The summed E-state index contributed by atoms with van der Waals surface area (Å²) >= 11 is 0. The molecule has 0 bridgehead atoms. The molecule has 1 aromatic carbocycles. The number of hydrogen-bond acceptors (Lipinski definition) is 6. The molecule has 1 aliphatic heterocycles. The lowest BCUT2D eigenvalue weighted by Crippen LogP contribution is -2.39. The van der Waals surface area contributed by atoms with Gasteiger partial charge in [-0.15, -0.1) is 5.10 Å². The first kappa shape index (κ1) is 22.0. The van der Waals surface area contributed by atoms with Crippen LogP contribution in [0.4, 0.5) is 0 Å². The molecule has 2 fully saturated rings. The third-order valence-corrected chi connectivity index (χ3v) is 8.04. The number of piperidine rings is 1. The summed E-state index contributed by atoms with van der Waals surface area (Å²) in [5.41, 5.74) is 0.934. The predicted molar refractivity (Wildman–Crippen MR) is 116 cm³/mol. The highest BCUT2D eigenvalue weighted by Crippen LogP contribution is 2.25. The molecule has 9 nitrogen and oxygen atoms in total. The molecule has 0 unspecified atom stereocenters. The standard InChI is InChI=1S/C21H31N5O4S/c1-16-7-6-12-25(14-16)31(28,29)18-10-11-19-20(13-18)26(24-23-19)30-15-21(27)22-17-8-4-2-3-5-9-17/h10-11,13,16-17H,2-9,12,14-15H2,1H3,(H,22,27)/t16-/m1/s1. The van der Waals surface area contributed by atoms with Crippen LogP contribution in [0.3, 0.4) is 0 Å². The van der Waals surface area contributed by atoms with Gasteiger partial charge in [-0.25, -0.2) is 8.42 Å². The fourth-order valence-electron chi connectivity index (χ4n) is 4.46. The lowest BCUT2D eigenvalue weighted by atomic mass is 10.0. The van der Waals surface area contributed by atoms with E-state index in [1.54, 1.807) is 12.1 Å². The van der Waals surface area contributed by atoms with Crippen LogP contribution in [-0.4, -0.2) is 59.5 Å². The Morgan fingerprint density at radius 3 is 2.68 bits per heavy atom. The zero-order valence-electron chi connectivity index (χ0n) is 18.0. The van der Waals surface area contributed by atoms with E-state index in [0.29, 0.717) is 30.0 Å². The summed E-state index contributed by atoms with van der Waals surface area (Å²) in [6.45, 7) is 2.92. The Morgan fingerprint density at radius 1 is 1.16 bits per heavy atom. The number of rotatable bonds is 6. The van der Waals surface area contributed by atoms with Crippen molar-refractivity contribution in [2.24, 2.45) is 5.92 Å². The van der Waals surface area contributed by atoms with E-state index in [4.69, 9.17) is 4.84 Å². The summed E-state index contributed by atoms with van der Waals surface area (Å²) in [6.07, 6.45) is 8.59. The van der Waals surface area contributed by atoms with Gasteiger partial charge < -0.3 is 10.2 Å². The molecular weight excluding hydrogens is 418 g/mol. The fraction of sp³-hybridized carbons (Fsp3) is 0.667. The molecule has 0 spiro atoms. The number of nitrogens with one attached hydrogen (secondary N) is 1. The lowest BCUT2D eigenvalue weighted by Gasteiger charge is -2.30. The minimum Gasteiger partial charge on any atom is -0.385 e. The van der Waals surface area contributed by atoms with Gasteiger partial charge in [-0.3, -0.25) is 4.79 Å². The molecule has 1 aromatic heterocycles. The Balaban J connectivity index is 1.45. The van der Waals surface area contributed by atoms with Gasteiger partial charge in [0, 0.05) is 19.1 Å². The van der Waals surface area contributed by atoms with Gasteiger partial charge in [0.05, 0.1) is 4.90 Å². The normalized spacial score (nSPS) is 21.6. The van der Waals surface area contributed by atoms with Gasteiger partial charge >= 0.3 is 0 Å². The van der Waals surface area contributed by atoms with Crippen molar-refractivity contribution in [2.45, 2.75) is 69.2 Å². The molecular formula is C21H31N5O4S. The molecule has 10 heteroatoms. The topological polar surface area (TPSA) is 106 Å². The summed E-state index contributed by atoms with van der Waals surface area (Å²) in [6, 6.07) is 4.88. The van der Waals surface area contributed by atoms with E-state index in [-0.39, 0.29) is 23.5 Å². The average Bonchev–Trinajstić information content (AvgIpc) is 2.98. The van der Waals surface area contributed by atoms with Crippen LogP contribution in [0.5, 0.6) is 0 Å². The molecule has 1 saturated carbocycles. The van der Waals surface area contributed by atoms with E-state index < -0.39 is 10.0 Å². The van der Waals surface area contributed by atoms with Crippen molar-refractivity contribution in [2.75, 3.05) is 19.7 Å². The maximum absolute atomic E-state index is 13.1. The first-order valence-corrected chi connectivity index (χ1v) is 12.7. The number of nitrogens with zero attached hydrogens (tertiary/aromatic N) is 4. The first-order valence-electron chi connectivity index (χ1n) is 11.2. The highest BCUT2D eigenvalue weighted by Gasteiger charge is 2.29. The summed E-state index contributed by atoms with van der Waals surface area (Å²) < 4.78 is 27.7. The highest BCUT2D eigenvalue weighted by atomic mass is 32.2. The van der Waals surface area contributed by atoms with Gasteiger partial charge in [-0.2, -0.15) is 4.31 Å². The molecule has 1 saturated heterocycles. The molecule has 2 heterocycles. The summed E-state index contributed by atoms with van der Waals surface area (Å²) in [7, 11) is -3.61. The van der Waals surface area contributed by atoms with Crippen LogP contribution in [0.25, 0.3) is 11.0 Å². The third-order valence-electron chi connectivity index (χ3n) is 6.18. The van der Waals surface area contributed by atoms with Crippen molar-refractivity contribution in [1.82, 2.24) is 24.8 Å². The number of sulfonamides is 1. The summed E-state index contributed by atoms with van der Waals surface area (Å²) in [4.78, 5) is 19.2. The Hall–Kier alpha value is -2.20. The van der Waals surface area contributed by atoms with Crippen LogP contribution in [0, 0.1) is 5.92 Å². The second-order valence-corrected chi connectivity index (χ2v) is 10.7. The van der Waals surface area contributed by atoms with Gasteiger partial charge in [0.1, 0.15) is 11.0 Å². The maximum atomic E-state index is 13.1. The molecule has 2 aliphatic rings. The molecule has 1 aliphatic carbocycles. The monoisotopic (exact) mass is 449 g/mol. The third kappa shape index (κ3) is 5.17. The minimum absolute atomic E-state index is 0.184. The van der Waals surface area contributed by atoms with Crippen molar-refractivity contribution >= 4 is 27.0 Å². The number of fused-ring (bicyclic) bond motifs is 1. The van der Waals surface area contributed by atoms with E-state index in [0.717, 1.165) is 43.4 Å². The number of hydrogen-bond donors (Lipinski definition) is 1. The molecule has 0 radical (unpaired) electrons. The molecule has 1 amide bonds. The van der Waals surface area contributed by atoms with Crippen molar-refractivity contribution in [3.63, 3.8) is 0 Å². The van der Waals surface area contributed by atoms with Crippen LogP contribution in [0.15, 0.2) is 23.1 Å². The van der Waals surface area contributed by atoms with Crippen molar-refractivity contribution in [3.8, 4) is 0 Å². The van der Waals surface area contributed by atoms with E-state index in [2.05, 4.69) is 22.6 Å². The van der Waals surface area contributed by atoms with Crippen molar-refractivity contribution < 1.29 is 18.0 Å². The highest BCUT2D eigenvalue weighted by molar-refractivity contribution is 7.89. The van der Waals surface area contributed by atoms with Crippen LogP contribution >= 0.6 is 0 Å². The van der Waals surface area contributed by atoms with Gasteiger partial charge in [0.2, 0.25) is 10.0 Å². The lowest BCUT2D eigenvalue weighted by molar-refractivity contribution is -0.127. The summed E-state index contributed by atoms with van der Waals surface area (Å²) in [5, 5.41) is 11.0. The van der Waals surface area contributed by atoms with Gasteiger partial charge in [-0.1, -0.05) is 37.5 Å². The van der Waals surface area contributed by atoms with E-state index >= 15 is 0 Å². The van der Waals surface area contributed by atoms with E-state index in [1.807, 2.05) is 0 Å². The average molecular weight is 450 g/mol. The van der Waals surface area contributed by atoms with Gasteiger partial charge in [0.15, 0.2) is 6.61 Å². The minimum atomic E-state index is -3.61. The zero-order valence-corrected chi connectivity index (χ0v) is 18.8.